The second-order valence-electron chi connectivity index (χ2n) is 4.49. The summed E-state index contributed by atoms with van der Waals surface area (Å²) in [6, 6.07) is 10.6. The first-order valence-electron chi connectivity index (χ1n) is 7.34. The van der Waals surface area contributed by atoms with Crippen LogP contribution in [0.3, 0.4) is 0 Å². The third kappa shape index (κ3) is 12.7. The van der Waals surface area contributed by atoms with Gasteiger partial charge in [0.25, 0.3) is 5.97 Å². The fourth-order valence-corrected chi connectivity index (χ4v) is 1.36. The summed E-state index contributed by atoms with van der Waals surface area (Å²) in [5.41, 5.74) is 4.74. The minimum absolute atomic E-state index is 0. The van der Waals surface area contributed by atoms with Crippen molar-refractivity contribution < 1.29 is 35.6 Å². The number of pyridine rings is 2. The van der Waals surface area contributed by atoms with E-state index in [0.717, 1.165) is 12.5 Å². The van der Waals surface area contributed by atoms with Gasteiger partial charge in [0.15, 0.2) is 0 Å². The van der Waals surface area contributed by atoms with Gasteiger partial charge in [0.2, 0.25) is 0 Å². The maximum absolute atomic E-state index is 11.4. The van der Waals surface area contributed by atoms with Crippen molar-refractivity contribution in [3.63, 3.8) is 0 Å². The zero-order valence-electron chi connectivity index (χ0n) is 14.3. The van der Waals surface area contributed by atoms with Crippen molar-refractivity contribution in [3.05, 3.63) is 90.3 Å². The molecular formula is C18H17N4NiO4-. The summed E-state index contributed by atoms with van der Waals surface area (Å²) >= 11 is 0. The Labute approximate surface area is 166 Å². The predicted molar refractivity (Wildman–Crippen MR) is 95.8 cm³/mol. The van der Waals surface area contributed by atoms with Crippen molar-refractivity contribution in [2.45, 2.75) is 6.92 Å². The summed E-state index contributed by atoms with van der Waals surface area (Å²) in [6.45, 7) is 1.08. The molecule has 0 aliphatic rings. The Morgan fingerprint density at radius 2 is 1.67 bits per heavy atom. The number of hydrogen-bond donors (Lipinski definition) is 1. The number of carboxylic acid groups (broad SMARTS) is 1. The maximum Gasteiger partial charge on any atom is 0.300 e. The number of aliphatic carboxylic acids is 1. The fourth-order valence-electron chi connectivity index (χ4n) is 1.36. The number of hydrogen-bond acceptors (Lipinski definition) is 6. The van der Waals surface area contributed by atoms with Gasteiger partial charge < -0.3 is 24.8 Å². The average molecular weight is 412 g/mol. The number of carbonyl (C=O) groups excluding carboxylic acids is 1. The smallest absolute Gasteiger partial charge is 0.300 e. The third-order valence-electron chi connectivity index (χ3n) is 2.39. The van der Waals surface area contributed by atoms with E-state index in [2.05, 4.69) is 20.5 Å². The first-order valence-corrected chi connectivity index (χ1v) is 7.34. The van der Waals surface area contributed by atoms with Crippen LogP contribution in [0.15, 0.2) is 83.2 Å². The third-order valence-corrected chi connectivity index (χ3v) is 2.39. The molecule has 0 atom stereocenters. The molecule has 0 bridgehead atoms. The number of carbonyl (C=O) groups is 2. The summed E-state index contributed by atoms with van der Waals surface area (Å²) in [5, 5.41) is 11.1. The Hall–Kier alpha value is -3.32. The van der Waals surface area contributed by atoms with E-state index < -0.39 is 11.9 Å². The van der Waals surface area contributed by atoms with Gasteiger partial charge >= 0.3 is 0 Å². The van der Waals surface area contributed by atoms with Gasteiger partial charge in [0, 0.05) is 65.5 Å². The van der Waals surface area contributed by atoms with Gasteiger partial charge in [-0.3, -0.25) is 14.8 Å². The molecule has 0 spiro atoms. The van der Waals surface area contributed by atoms with Gasteiger partial charge in [-0.2, -0.15) is 0 Å². The summed E-state index contributed by atoms with van der Waals surface area (Å²) < 4.78 is 4.83. The van der Waals surface area contributed by atoms with Crippen molar-refractivity contribution in [3.8, 4) is 0 Å². The minimum Gasteiger partial charge on any atom is -0.540 e. The summed E-state index contributed by atoms with van der Waals surface area (Å²) in [6.07, 6.45) is 11.0. The van der Waals surface area contributed by atoms with Crippen LogP contribution in [0.2, 0.25) is 0 Å². The van der Waals surface area contributed by atoms with E-state index >= 15 is 0 Å². The van der Waals surface area contributed by atoms with Crippen LogP contribution in [-0.4, -0.2) is 33.2 Å². The molecule has 8 nitrogen and oxygen atoms in total. The molecule has 3 heterocycles. The van der Waals surface area contributed by atoms with Crippen LogP contribution in [0.25, 0.3) is 5.43 Å². The minimum atomic E-state index is -0.833. The molecule has 0 unspecified atom stereocenters. The number of amides is 1. The topological polar surface area (TPSA) is 120 Å². The van der Waals surface area contributed by atoms with E-state index in [1.54, 1.807) is 30.6 Å². The standard InChI is InChI=1S/C11H9N3O2.C5H5N.C2H4O2.Ni/c15-11(10-1-4-12-5-2-10)14-13-7-9-3-6-16-8-9;1-2-4-6-5-3-1;1-2(3)4;/h1-8H,(H,14,15);1-5H;1H3,(H,3,4);/p-1/b13-7-;;;. The van der Waals surface area contributed by atoms with Gasteiger partial charge in [-0.05, 0) is 30.3 Å². The molecule has 0 fully saturated rings. The molecule has 9 heteroatoms. The predicted octanol–water partition coefficient (Wildman–Crippen LogP) is 3.39. The molecule has 3 aromatic heterocycles. The van der Waals surface area contributed by atoms with E-state index in [0.29, 0.717) is 5.56 Å². The molecular weight excluding hydrogens is 395 g/mol. The Balaban J connectivity index is 0.000000510. The number of nitrogens with zero attached hydrogens (tertiary/aromatic N) is 4. The Morgan fingerprint density at radius 3 is 2.11 bits per heavy atom. The van der Waals surface area contributed by atoms with Crippen LogP contribution in [-0.2, 0) is 21.3 Å². The van der Waals surface area contributed by atoms with E-state index in [1.165, 1.54) is 31.1 Å². The van der Waals surface area contributed by atoms with Crippen molar-refractivity contribution >= 4 is 18.1 Å². The van der Waals surface area contributed by atoms with E-state index in [4.69, 9.17) is 14.3 Å². The zero-order valence-corrected chi connectivity index (χ0v) is 15.3. The van der Waals surface area contributed by atoms with Crippen molar-refractivity contribution in [1.82, 2.24) is 9.97 Å². The number of aromatic nitrogens is 2. The molecule has 144 valence electrons. The van der Waals surface area contributed by atoms with Gasteiger partial charge in [-0.15, -0.1) is 0 Å². The Kier molecular flexibility index (Phi) is 13.1. The average Bonchev–Trinajstić information content (AvgIpc) is 3.17. The molecule has 27 heavy (non-hydrogen) atoms. The molecule has 0 aliphatic heterocycles. The van der Waals surface area contributed by atoms with Crippen LogP contribution in [0.4, 0.5) is 0 Å². The molecule has 0 aromatic carbocycles. The van der Waals surface area contributed by atoms with Crippen LogP contribution >= 0.6 is 0 Å². The molecule has 3 aromatic rings. The monoisotopic (exact) mass is 411 g/mol. The molecule has 0 radical (unpaired) electrons. The largest absolute Gasteiger partial charge is 0.540 e. The van der Waals surface area contributed by atoms with Gasteiger partial charge in [-0.1, -0.05) is 6.07 Å². The molecule has 3 rings (SSSR count). The van der Waals surface area contributed by atoms with E-state index in [-0.39, 0.29) is 16.5 Å². The van der Waals surface area contributed by atoms with Crippen LogP contribution in [0, 0.1) is 0 Å². The molecule has 1 N–H and O–H groups in total. The van der Waals surface area contributed by atoms with Crippen LogP contribution in [0.5, 0.6) is 0 Å². The van der Waals surface area contributed by atoms with E-state index in [1.807, 2.05) is 18.2 Å². The number of rotatable bonds is 3. The number of furan rings is 1. The SMILES string of the molecule is CC(=O)O.O=C([N-]/N=C\c1ccoc1)c1ccncc1.[Ni].c1ccncc1. The summed E-state index contributed by atoms with van der Waals surface area (Å²) in [5.74, 6) is -1.23. The molecule has 0 saturated heterocycles. The van der Waals surface area contributed by atoms with Gasteiger partial charge in [0.05, 0.1) is 18.4 Å². The first kappa shape index (κ1) is 23.7. The molecule has 0 saturated carbocycles. The van der Waals surface area contributed by atoms with Crippen molar-refractivity contribution in [2.24, 2.45) is 5.10 Å². The second-order valence-corrected chi connectivity index (χ2v) is 4.49. The van der Waals surface area contributed by atoms with Crippen LogP contribution < -0.4 is 0 Å². The Morgan fingerprint density at radius 1 is 1.07 bits per heavy atom. The van der Waals surface area contributed by atoms with Gasteiger partial charge in [0.1, 0.15) is 0 Å². The quantitative estimate of drug-likeness (QED) is 0.400. The Bertz CT molecular complexity index is 751. The van der Waals surface area contributed by atoms with Gasteiger partial charge in [-0.25, -0.2) is 0 Å². The van der Waals surface area contributed by atoms with Crippen LogP contribution in [0.1, 0.15) is 22.8 Å². The first-order chi connectivity index (χ1) is 12.6. The van der Waals surface area contributed by atoms with Crippen molar-refractivity contribution in [1.29, 1.82) is 0 Å². The van der Waals surface area contributed by atoms with Crippen molar-refractivity contribution in [2.75, 3.05) is 0 Å². The normalized spacial score (nSPS) is 8.93. The molecule has 1 amide bonds. The number of carboxylic acids is 1. The zero-order chi connectivity index (χ0) is 19.0. The van der Waals surface area contributed by atoms with E-state index in [9.17, 15) is 4.79 Å². The molecule has 0 aliphatic carbocycles. The summed E-state index contributed by atoms with van der Waals surface area (Å²) in [7, 11) is 0. The maximum atomic E-state index is 11.4. The summed E-state index contributed by atoms with van der Waals surface area (Å²) in [4.78, 5) is 28.0. The fraction of sp³-hybridized carbons (Fsp3) is 0.0556. The second kappa shape index (κ2) is 15.0.